The van der Waals surface area contributed by atoms with Crippen LogP contribution in [0.25, 0.3) is 0 Å². The van der Waals surface area contributed by atoms with Crippen molar-refractivity contribution in [1.82, 2.24) is 13.5 Å². The van der Waals surface area contributed by atoms with Gasteiger partial charge < -0.3 is 10.6 Å². The van der Waals surface area contributed by atoms with Gasteiger partial charge in [0, 0.05) is 44.7 Å². The molecule has 7 heteroatoms. The molecule has 23 heavy (non-hydrogen) atoms. The van der Waals surface area contributed by atoms with Crippen LogP contribution in [0.1, 0.15) is 11.1 Å². The molecule has 1 aliphatic heterocycles. The molecule has 0 aromatic heterocycles. The van der Waals surface area contributed by atoms with E-state index in [4.69, 9.17) is 11.1 Å². The summed E-state index contributed by atoms with van der Waals surface area (Å²) in [5.74, 6) is 4.50. The van der Waals surface area contributed by atoms with Gasteiger partial charge in [0.1, 0.15) is 0 Å². The summed E-state index contributed by atoms with van der Waals surface area (Å²) < 4.78 is 2.20. The first-order valence-electron chi connectivity index (χ1n) is 7.64. The van der Waals surface area contributed by atoms with Gasteiger partial charge in [-0.15, -0.1) is 0 Å². The SMILES string of the molecule is C=S(c1cc(C)cc(CN2CCN(C(=N)N)CC2)c1)N(C)SC. The molecule has 1 aromatic rings. The van der Waals surface area contributed by atoms with E-state index in [9.17, 15) is 0 Å². The highest BCUT2D eigenvalue weighted by atomic mass is 32.2. The lowest BCUT2D eigenvalue weighted by molar-refractivity contribution is 0.174. The topological polar surface area (TPSA) is 59.6 Å². The second-order valence-corrected chi connectivity index (χ2v) is 8.68. The first-order valence-corrected chi connectivity index (χ1v) is 10.2. The van der Waals surface area contributed by atoms with Crippen LogP contribution in [0.2, 0.25) is 0 Å². The van der Waals surface area contributed by atoms with Crippen LogP contribution in [0.4, 0.5) is 0 Å². The van der Waals surface area contributed by atoms with Crippen LogP contribution in [0, 0.1) is 12.3 Å². The molecule has 1 fully saturated rings. The number of nitrogens with two attached hydrogens (primary N) is 1. The van der Waals surface area contributed by atoms with E-state index in [1.165, 1.54) is 16.0 Å². The maximum Gasteiger partial charge on any atom is 0.188 e. The molecule has 0 amide bonds. The van der Waals surface area contributed by atoms with Crippen LogP contribution in [0.5, 0.6) is 0 Å². The smallest absolute Gasteiger partial charge is 0.188 e. The van der Waals surface area contributed by atoms with E-state index >= 15 is 0 Å². The van der Waals surface area contributed by atoms with Crippen LogP contribution in [0.3, 0.4) is 0 Å². The Morgan fingerprint density at radius 3 is 2.57 bits per heavy atom. The third kappa shape index (κ3) is 4.97. The Labute approximate surface area is 146 Å². The van der Waals surface area contributed by atoms with Crippen molar-refractivity contribution in [1.29, 1.82) is 5.41 Å². The van der Waals surface area contributed by atoms with Crippen molar-refractivity contribution >= 4 is 34.4 Å². The summed E-state index contributed by atoms with van der Waals surface area (Å²) in [6, 6.07) is 6.78. The number of piperazine rings is 1. The third-order valence-electron chi connectivity index (χ3n) is 4.07. The normalized spacial score (nSPS) is 17.5. The van der Waals surface area contributed by atoms with Crippen LogP contribution in [-0.2, 0) is 6.54 Å². The maximum atomic E-state index is 7.51. The number of benzene rings is 1. The molecule has 1 atom stereocenters. The van der Waals surface area contributed by atoms with Gasteiger partial charge in [-0.25, -0.2) is 0 Å². The Balaban J connectivity index is 2.05. The zero-order chi connectivity index (χ0) is 17.0. The van der Waals surface area contributed by atoms with E-state index in [1.54, 1.807) is 11.9 Å². The van der Waals surface area contributed by atoms with Gasteiger partial charge in [-0.05, 0) is 36.4 Å². The van der Waals surface area contributed by atoms with Crippen molar-refractivity contribution in [3.63, 3.8) is 0 Å². The standard InChI is InChI=1S/C16H27N5S2/c1-13-9-14(11-15(10-13)23(4)19(2)22-3)12-20-5-7-21(8-6-20)16(17)18/h9-11H,4-8,12H2,1-3H3,(H3,17,18). The van der Waals surface area contributed by atoms with Gasteiger partial charge in [0.15, 0.2) is 5.96 Å². The highest BCUT2D eigenvalue weighted by Crippen LogP contribution is 2.33. The predicted molar refractivity (Wildman–Crippen MR) is 104 cm³/mol. The number of aryl methyl sites for hydroxylation is 1. The van der Waals surface area contributed by atoms with E-state index in [1.807, 2.05) is 4.90 Å². The molecule has 1 heterocycles. The molecule has 0 saturated carbocycles. The number of nitrogens with one attached hydrogen (secondary N) is 1. The summed E-state index contributed by atoms with van der Waals surface area (Å²) in [5, 5.41) is 7.51. The number of hydrogen-bond acceptors (Lipinski definition) is 4. The van der Waals surface area contributed by atoms with E-state index in [0.29, 0.717) is 0 Å². The Kier molecular flexibility index (Phi) is 6.52. The quantitative estimate of drug-likeness (QED) is 0.368. The van der Waals surface area contributed by atoms with Crippen molar-refractivity contribution in [2.45, 2.75) is 18.4 Å². The van der Waals surface area contributed by atoms with Crippen LogP contribution in [-0.4, -0.2) is 64.8 Å². The summed E-state index contributed by atoms with van der Waals surface area (Å²) in [6.07, 6.45) is 2.08. The summed E-state index contributed by atoms with van der Waals surface area (Å²) >= 11 is 1.71. The zero-order valence-electron chi connectivity index (χ0n) is 14.2. The Morgan fingerprint density at radius 2 is 2.00 bits per heavy atom. The summed E-state index contributed by atoms with van der Waals surface area (Å²) in [7, 11) is 1.94. The van der Waals surface area contributed by atoms with Crippen LogP contribution < -0.4 is 5.73 Å². The number of nitrogens with zero attached hydrogens (tertiary/aromatic N) is 3. The average molecular weight is 354 g/mol. The molecule has 1 aliphatic rings. The van der Waals surface area contributed by atoms with Crippen LogP contribution in [0.15, 0.2) is 23.1 Å². The Morgan fingerprint density at radius 1 is 1.35 bits per heavy atom. The molecule has 0 spiro atoms. The molecular formula is C16H27N5S2. The summed E-state index contributed by atoms with van der Waals surface area (Å²) in [5.41, 5.74) is 8.19. The second kappa shape index (κ2) is 8.19. The highest BCUT2D eigenvalue weighted by molar-refractivity contribution is 8.20. The van der Waals surface area contributed by atoms with E-state index in [-0.39, 0.29) is 16.6 Å². The molecule has 5 nitrogen and oxygen atoms in total. The van der Waals surface area contributed by atoms with E-state index < -0.39 is 0 Å². The third-order valence-corrected chi connectivity index (χ3v) is 6.97. The Bertz CT molecular complexity index is 582. The number of rotatable bonds is 5. The molecule has 128 valence electrons. The number of hydrogen-bond donors (Lipinski definition) is 2. The molecule has 0 aliphatic carbocycles. The van der Waals surface area contributed by atoms with Crippen molar-refractivity contribution in [2.75, 3.05) is 39.5 Å². The minimum atomic E-state index is -0.142. The highest BCUT2D eigenvalue weighted by Gasteiger charge is 2.18. The van der Waals surface area contributed by atoms with Gasteiger partial charge in [-0.3, -0.25) is 10.3 Å². The lowest BCUT2D eigenvalue weighted by Crippen LogP contribution is -2.50. The largest absolute Gasteiger partial charge is 0.370 e. The van der Waals surface area contributed by atoms with Gasteiger partial charge in [-0.2, -0.15) is 3.71 Å². The van der Waals surface area contributed by atoms with Gasteiger partial charge in [0.2, 0.25) is 0 Å². The fourth-order valence-corrected chi connectivity index (χ4v) is 4.58. The fraction of sp³-hybridized carbons (Fsp3) is 0.500. The maximum absolute atomic E-state index is 7.51. The molecule has 0 radical (unpaired) electrons. The van der Waals surface area contributed by atoms with Gasteiger partial charge >= 0.3 is 0 Å². The first kappa shape index (κ1) is 18.3. The minimum absolute atomic E-state index is 0.142. The second-order valence-electron chi connectivity index (χ2n) is 5.79. The first-order chi connectivity index (χ1) is 10.9. The molecule has 2 rings (SSSR count). The molecular weight excluding hydrogens is 326 g/mol. The van der Waals surface area contributed by atoms with E-state index in [0.717, 1.165) is 32.7 Å². The van der Waals surface area contributed by atoms with Crippen molar-refractivity contribution in [3.05, 3.63) is 29.3 Å². The predicted octanol–water partition coefficient (Wildman–Crippen LogP) is 2.19. The zero-order valence-corrected chi connectivity index (χ0v) is 15.8. The summed E-state index contributed by atoms with van der Waals surface area (Å²) in [4.78, 5) is 5.65. The molecule has 3 N–H and O–H groups in total. The Hall–Kier alpha value is -1.02. The fourth-order valence-electron chi connectivity index (χ4n) is 2.70. The molecule has 1 saturated heterocycles. The van der Waals surface area contributed by atoms with Crippen molar-refractivity contribution in [2.24, 2.45) is 5.73 Å². The molecule has 0 bridgehead atoms. The van der Waals surface area contributed by atoms with Gasteiger partial charge in [-0.1, -0.05) is 34.6 Å². The van der Waals surface area contributed by atoms with Gasteiger partial charge in [0.25, 0.3) is 0 Å². The minimum Gasteiger partial charge on any atom is -0.370 e. The molecule has 1 aromatic carbocycles. The van der Waals surface area contributed by atoms with E-state index in [2.05, 4.69) is 52.9 Å². The monoisotopic (exact) mass is 353 g/mol. The van der Waals surface area contributed by atoms with Crippen molar-refractivity contribution < 1.29 is 0 Å². The van der Waals surface area contributed by atoms with Crippen molar-refractivity contribution in [3.8, 4) is 0 Å². The lowest BCUT2D eigenvalue weighted by atomic mass is 10.1. The summed E-state index contributed by atoms with van der Waals surface area (Å²) in [6.45, 7) is 6.66. The number of guanidine groups is 1. The van der Waals surface area contributed by atoms with Gasteiger partial charge in [0.05, 0.1) is 0 Å². The lowest BCUT2D eigenvalue weighted by Gasteiger charge is -2.35. The average Bonchev–Trinajstić information content (AvgIpc) is 2.53. The molecule has 1 unspecified atom stereocenters. The van der Waals surface area contributed by atoms with Crippen LogP contribution >= 0.6 is 22.6 Å².